The number of nitrogens with one attached hydrogen (secondary N) is 1. The average molecular weight is 317 g/mol. The van der Waals surface area contributed by atoms with Crippen molar-refractivity contribution >= 4 is 23.4 Å². The van der Waals surface area contributed by atoms with E-state index in [0.29, 0.717) is 23.5 Å². The number of hydrogen-bond acceptors (Lipinski definition) is 7. The lowest BCUT2D eigenvalue weighted by atomic mass is 9.95. The van der Waals surface area contributed by atoms with Crippen molar-refractivity contribution in [2.45, 2.75) is 17.6 Å². The molecule has 1 aliphatic rings. The number of aromatic nitrogens is 3. The molecular formula is C15H19N5OS. The van der Waals surface area contributed by atoms with Crippen LogP contribution in [0.2, 0.25) is 0 Å². The molecule has 1 fully saturated rings. The number of pyridine rings is 1. The second-order valence-electron chi connectivity index (χ2n) is 5.27. The van der Waals surface area contributed by atoms with E-state index in [-0.39, 0.29) is 6.04 Å². The molecular weight excluding hydrogens is 298 g/mol. The van der Waals surface area contributed by atoms with Crippen molar-refractivity contribution in [3.8, 4) is 0 Å². The van der Waals surface area contributed by atoms with Crippen LogP contribution in [0, 0.1) is 5.92 Å². The van der Waals surface area contributed by atoms with E-state index in [9.17, 15) is 0 Å². The number of nitrogens with two attached hydrogens (primary N) is 1. The van der Waals surface area contributed by atoms with E-state index in [2.05, 4.69) is 20.3 Å². The predicted molar refractivity (Wildman–Crippen MR) is 87.9 cm³/mol. The third kappa shape index (κ3) is 3.66. The Morgan fingerprint density at radius 1 is 1.32 bits per heavy atom. The molecule has 1 aliphatic heterocycles. The van der Waals surface area contributed by atoms with Crippen LogP contribution in [0.5, 0.6) is 0 Å². The third-order valence-corrected chi connectivity index (χ3v) is 4.23. The maximum atomic E-state index is 5.82. The van der Waals surface area contributed by atoms with E-state index < -0.39 is 0 Å². The normalized spacial score (nSPS) is 21.0. The Kier molecular flexibility index (Phi) is 4.74. The monoisotopic (exact) mass is 317 g/mol. The van der Waals surface area contributed by atoms with E-state index in [1.54, 1.807) is 6.07 Å². The smallest absolute Gasteiger partial charge is 0.191 e. The maximum absolute atomic E-state index is 5.82. The fourth-order valence-electron chi connectivity index (χ4n) is 2.58. The van der Waals surface area contributed by atoms with Crippen molar-refractivity contribution < 1.29 is 4.74 Å². The maximum Gasteiger partial charge on any atom is 0.191 e. The Balaban J connectivity index is 1.70. The Morgan fingerprint density at radius 3 is 2.91 bits per heavy atom. The molecule has 1 saturated heterocycles. The van der Waals surface area contributed by atoms with Gasteiger partial charge in [0.15, 0.2) is 5.16 Å². The molecule has 0 saturated carbocycles. The minimum Gasteiger partial charge on any atom is -0.383 e. The Morgan fingerprint density at radius 2 is 2.14 bits per heavy atom. The summed E-state index contributed by atoms with van der Waals surface area (Å²) >= 11 is 1.48. The van der Waals surface area contributed by atoms with Gasteiger partial charge >= 0.3 is 0 Å². The Hall–Kier alpha value is -1.86. The molecule has 0 aliphatic carbocycles. The van der Waals surface area contributed by atoms with Gasteiger partial charge in [-0.3, -0.25) is 4.98 Å². The molecule has 0 unspecified atom stereocenters. The van der Waals surface area contributed by atoms with Crippen molar-refractivity contribution in [1.29, 1.82) is 0 Å². The lowest BCUT2D eigenvalue weighted by Gasteiger charge is -2.20. The van der Waals surface area contributed by atoms with Crippen LogP contribution in [-0.4, -0.2) is 40.5 Å². The number of nitrogen functional groups attached to an aromatic ring is 1. The first-order chi connectivity index (χ1) is 10.7. The standard InChI is InChI=1S/C15H19N5OS/c1-22-15-19-13(16)7-14(20-15)18-12-9-21-8-11(12)6-10-2-4-17-5-3-10/h2-5,7,11-12H,6,8-9H2,1H3,(H3,16,18,19,20)/t11-,12-/m1/s1. The largest absolute Gasteiger partial charge is 0.383 e. The average Bonchev–Trinajstić information content (AvgIpc) is 2.94. The van der Waals surface area contributed by atoms with E-state index in [4.69, 9.17) is 10.5 Å². The van der Waals surface area contributed by atoms with Crippen LogP contribution in [0.1, 0.15) is 5.56 Å². The van der Waals surface area contributed by atoms with E-state index in [1.165, 1.54) is 17.3 Å². The fourth-order valence-corrected chi connectivity index (χ4v) is 2.97. The molecule has 7 heteroatoms. The summed E-state index contributed by atoms with van der Waals surface area (Å²) in [6.07, 6.45) is 6.53. The van der Waals surface area contributed by atoms with Crippen molar-refractivity contribution in [2.24, 2.45) is 5.92 Å². The Bertz CT molecular complexity index is 625. The van der Waals surface area contributed by atoms with Crippen molar-refractivity contribution in [2.75, 3.05) is 30.5 Å². The van der Waals surface area contributed by atoms with Gasteiger partial charge in [0.2, 0.25) is 0 Å². The van der Waals surface area contributed by atoms with Crippen LogP contribution in [0.3, 0.4) is 0 Å². The van der Waals surface area contributed by atoms with E-state index in [0.717, 1.165) is 18.8 Å². The van der Waals surface area contributed by atoms with Crippen molar-refractivity contribution in [3.05, 3.63) is 36.2 Å². The molecule has 3 rings (SSSR count). The second kappa shape index (κ2) is 6.93. The predicted octanol–water partition coefficient (Wildman–Crippen LogP) is 1.85. The lowest BCUT2D eigenvalue weighted by molar-refractivity contribution is 0.185. The zero-order valence-electron chi connectivity index (χ0n) is 12.4. The molecule has 2 aromatic heterocycles. The Labute approximate surface area is 133 Å². The number of hydrogen-bond donors (Lipinski definition) is 2. The van der Waals surface area contributed by atoms with Gasteiger partial charge in [0, 0.05) is 24.4 Å². The van der Waals surface area contributed by atoms with Gasteiger partial charge in [0.1, 0.15) is 11.6 Å². The minimum atomic E-state index is 0.220. The number of thioether (sulfide) groups is 1. The summed E-state index contributed by atoms with van der Waals surface area (Å²) in [6.45, 7) is 1.42. The molecule has 0 aromatic carbocycles. The summed E-state index contributed by atoms with van der Waals surface area (Å²) in [6, 6.07) is 6.08. The van der Waals surface area contributed by atoms with Crippen LogP contribution in [0.25, 0.3) is 0 Å². The highest BCUT2D eigenvalue weighted by atomic mass is 32.2. The molecule has 0 bridgehead atoms. The summed E-state index contributed by atoms with van der Waals surface area (Å²) < 4.78 is 5.64. The molecule has 3 N–H and O–H groups in total. The number of anilines is 2. The van der Waals surface area contributed by atoms with Crippen LogP contribution in [0.4, 0.5) is 11.6 Å². The third-order valence-electron chi connectivity index (χ3n) is 3.69. The summed E-state index contributed by atoms with van der Waals surface area (Å²) in [4.78, 5) is 12.7. The first-order valence-corrected chi connectivity index (χ1v) is 8.39. The first-order valence-electron chi connectivity index (χ1n) is 7.16. The molecule has 22 heavy (non-hydrogen) atoms. The van der Waals surface area contributed by atoms with E-state index in [1.807, 2.05) is 30.8 Å². The quantitative estimate of drug-likeness (QED) is 0.643. The van der Waals surface area contributed by atoms with Gasteiger partial charge in [-0.05, 0) is 30.4 Å². The molecule has 3 heterocycles. The van der Waals surface area contributed by atoms with Crippen LogP contribution < -0.4 is 11.1 Å². The minimum absolute atomic E-state index is 0.220. The SMILES string of the molecule is CSc1nc(N)cc(N[C@@H]2COC[C@H]2Cc2ccncc2)n1. The summed E-state index contributed by atoms with van der Waals surface area (Å²) in [5.41, 5.74) is 7.09. The second-order valence-corrected chi connectivity index (χ2v) is 6.05. The van der Waals surface area contributed by atoms with Gasteiger partial charge < -0.3 is 15.8 Å². The van der Waals surface area contributed by atoms with Gasteiger partial charge in [0.05, 0.1) is 19.3 Å². The molecule has 0 amide bonds. The molecule has 2 aromatic rings. The van der Waals surface area contributed by atoms with Gasteiger partial charge in [0.25, 0.3) is 0 Å². The van der Waals surface area contributed by atoms with Crippen LogP contribution in [-0.2, 0) is 11.2 Å². The van der Waals surface area contributed by atoms with Crippen molar-refractivity contribution in [1.82, 2.24) is 15.0 Å². The zero-order chi connectivity index (χ0) is 15.4. The number of nitrogens with zero attached hydrogens (tertiary/aromatic N) is 3. The van der Waals surface area contributed by atoms with Crippen LogP contribution >= 0.6 is 11.8 Å². The number of rotatable bonds is 5. The highest BCUT2D eigenvalue weighted by molar-refractivity contribution is 7.98. The first kappa shape index (κ1) is 15.1. The lowest BCUT2D eigenvalue weighted by Crippen LogP contribution is -2.29. The fraction of sp³-hybridized carbons (Fsp3) is 0.400. The van der Waals surface area contributed by atoms with Gasteiger partial charge in [-0.2, -0.15) is 0 Å². The molecule has 0 radical (unpaired) electrons. The van der Waals surface area contributed by atoms with Crippen molar-refractivity contribution in [3.63, 3.8) is 0 Å². The summed E-state index contributed by atoms with van der Waals surface area (Å²) in [5, 5.41) is 4.11. The molecule has 0 spiro atoms. The summed E-state index contributed by atoms with van der Waals surface area (Å²) in [7, 11) is 0. The van der Waals surface area contributed by atoms with Gasteiger partial charge in [-0.25, -0.2) is 9.97 Å². The highest BCUT2D eigenvalue weighted by Crippen LogP contribution is 2.23. The van der Waals surface area contributed by atoms with Gasteiger partial charge in [-0.15, -0.1) is 0 Å². The van der Waals surface area contributed by atoms with Crippen LogP contribution in [0.15, 0.2) is 35.7 Å². The molecule has 6 nitrogen and oxygen atoms in total. The van der Waals surface area contributed by atoms with E-state index >= 15 is 0 Å². The summed E-state index contributed by atoms with van der Waals surface area (Å²) in [5.74, 6) is 1.63. The molecule has 2 atom stereocenters. The van der Waals surface area contributed by atoms with Gasteiger partial charge in [-0.1, -0.05) is 11.8 Å². The molecule has 116 valence electrons. The number of ether oxygens (including phenoxy) is 1. The zero-order valence-corrected chi connectivity index (χ0v) is 13.2. The topological polar surface area (TPSA) is 86.0 Å². The highest BCUT2D eigenvalue weighted by Gasteiger charge is 2.28.